The van der Waals surface area contributed by atoms with E-state index in [1.54, 1.807) is 0 Å². The van der Waals surface area contributed by atoms with E-state index in [1.807, 2.05) is 6.20 Å². The van der Waals surface area contributed by atoms with E-state index in [-0.39, 0.29) is 0 Å². The lowest BCUT2D eigenvalue weighted by Gasteiger charge is -2.41. The van der Waals surface area contributed by atoms with Crippen LogP contribution < -0.4 is 4.90 Å². The molecule has 68 valence electrons. The van der Waals surface area contributed by atoms with Crippen LogP contribution in [-0.4, -0.2) is 23.1 Å². The van der Waals surface area contributed by atoms with Crippen molar-refractivity contribution in [3.05, 3.63) is 16.7 Å². The molecule has 0 spiro atoms. The average molecular weight is 193 g/mol. The number of hydrogen-bond acceptors (Lipinski definition) is 3. The Balaban J connectivity index is 2.23. The van der Waals surface area contributed by atoms with Crippen LogP contribution in [0.25, 0.3) is 0 Å². The molecule has 0 atom stereocenters. The molecule has 3 aliphatic rings. The molecule has 1 aromatic heterocycles. The summed E-state index contributed by atoms with van der Waals surface area (Å²) in [6.07, 6.45) is 4.45. The van der Waals surface area contributed by atoms with Crippen LogP contribution in [0.2, 0.25) is 0 Å². The molecule has 4 rings (SSSR count). The van der Waals surface area contributed by atoms with Crippen LogP contribution in [-0.2, 0) is 0 Å². The van der Waals surface area contributed by atoms with Gasteiger partial charge in [-0.15, -0.1) is 0 Å². The van der Waals surface area contributed by atoms with Crippen molar-refractivity contribution in [2.45, 2.75) is 18.8 Å². The van der Waals surface area contributed by atoms with Crippen molar-refractivity contribution in [1.82, 2.24) is 9.97 Å². The molecule has 2 bridgehead atoms. The molecule has 4 heterocycles. The second kappa shape index (κ2) is 2.54. The number of rotatable bonds is 0. The predicted molar refractivity (Wildman–Crippen MR) is 53.6 cm³/mol. The molecule has 0 aromatic carbocycles. The van der Waals surface area contributed by atoms with Crippen LogP contribution >= 0.6 is 12.2 Å². The molecule has 0 radical (unpaired) electrons. The highest BCUT2D eigenvalue weighted by Crippen LogP contribution is 2.39. The summed E-state index contributed by atoms with van der Waals surface area (Å²) in [5.41, 5.74) is 2.59. The number of H-pyrrole nitrogens is 1. The SMILES string of the molecule is S=c1ncc2c([nH]1)C1CCN2CC1. The van der Waals surface area contributed by atoms with Crippen molar-refractivity contribution >= 4 is 17.9 Å². The second-order valence-corrected chi connectivity index (χ2v) is 4.14. The maximum Gasteiger partial charge on any atom is 0.197 e. The lowest BCUT2D eigenvalue weighted by molar-refractivity contribution is 0.461. The summed E-state index contributed by atoms with van der Waals surface area (Å²) in [5, 5.41) is 0. The zero-order valence-electron chi connectivity index (χ0n) is 7.29. The highest BCUT2D eigenvalue weighted by atomic mass is 32.1. The van der Waals surface area contributed by atoms with Crippen molar-refractivity contribution < 1.29 is 0 Å². The minimum atomic E-state index is 0.618. The smallest absolute Gasteiger partial charge is 0.197 e. The van der Waals surface area contributed by atoms with E-state index in [0.717, 1.165) is 0 Å². The normalized spacial score (nSPS) is 20.5. The highest BCUT2D eigenvalue weighted by Gasteiger charge is 2.31. The Bertz CT molecular complexity index is 390. The largest absolute Gasteiger partial charge is 0.369 e. The van der Waals surface area contributed by atoms with Gasteiger partial charge in [0.05, 0.1) is 11.9 Å². The van der Waals surface area contributed by atoms with E-state index in [2.05, 4.69) is 14.9 Å². The van der Waals surface area contributed by atoms with Gasteiger partial charge in [-0.1, -0.05) is 0 Å². The number of nitrogens with zero attached hydrogens (tertiary/aromatic N) is 2. The molecule has 1 N–H and O–H groups in total. The standard InChI is InChI=1S/C9H11N3S/c13-9-10-5-7-8(11-9)6-1-3-12(7)4-2-6/h5-6H,1-4H2,(H,10,11,13). The molecular weight excluding hydrogens is 182 g/mol. The molecular formula is C9H11N3S. The topological polar surface area (TPSA) is 31.9 Å². The zero-order chi connectivity index (χ0) is 8.84. The molecule has 1 aromatic rings. The molecule has 3 aliphatic heterocycles. The number of hydrogen-bond donors (Lipinski definition) is 1. The first-order valence-electron chi connectivity index (χ1n) is 4.69. The van der Waals surface area contributed by atoms with Crippen molar-refractivity contribution in [2.24, 2.45) is 0 Å². The van der Waals surface area contributed by atoms with Gasteiger partial charge in [0.2, 0.25) is 0 Å². The first kappa shape index (κ1) is 7.50. The van der Waals surface area contributed by atoms with Gasteiger partial charge in [-0.25, -0.2) is 4.98 Å². The Labute approximate surface area is 81.8 Å². The molecule has 3 nitrogen and oxygen atoms in total. The van der Waals surface area contributed by atoms with Gasteiger partial charge in [0.1, 0.15) is 0 Å². The molecule has 0 aliphatic carbocycles. The zero-order valence-corrected chi connectivity index (χ0v) is 8.10. The molecule has 1 fully saturated rings. The molecule has 1 saturated heterocycles. The molecule has 0 saturated carbocycles. The van der Waals surface area contributed by atoms with E-state index in [1.165, 1.54) is 37.3 Å². The van der Waals surface area contributed by atoms with Gasteiger partial charge in [0.15, 0.2) is 4.77 Å². The summed E-state index contributed by atoms with van der Waals surface area (Å²) >= 11 is 5.03. The maximum absolute atomic E-state index is 5.03. The third kappa shape index (κ3) is 1.01. The number of aromatic nitrogens is 2. The Morgan fingerprint density at radius 1 is 1.46 bits per heavy atom. The van der Waals surface area contributed by atoms with E-state index < -0.39 is 0 Å². The van der Waals surface area contributed by atoms with Crippen molar-refractivity contribution in [1.29, 1.82) is 0 Å². The van der Waals surface area contributed by atoms with Gasteiger partial charge < -0.3 is 9.88 Å². The molecule has 4 heteroatoms. The first-order chi connectivity index (χ1) is 6.34. The van der Waals surface area contributed by atoms with Gasteiger partial charge in [0.25, 0.3) is 0 Å². The third-order valence-electron chi connectivity index (χ3n) is 3.07. The van der Waals surface area contributed by atoms with Gasteiger partial charge in [-0.05, 0) is 25.1 Å². The summed E-state index contributed by atoms with van der Waals surface area (Å²) < 4.78 is 0.618. The fraction of sp³-hybridized carbons (Fsp3) is 0.556. The summed E-state index contributed by atoms with van der Waals surface area (Å²) in [5.74, 6) is 0.699. The van der Waals surface area contributed by atoms with E-state index in [9.17, 15) is 0 Å². The lowest BCUT2D eigenvalue weighted by atomic mass is 9.87. The summed E-state index contributed by atoms with van der Waals surface area (Å²) in [6, 6.07) is 0. The fourth-order valence-electron chi connectivity index (χ4n) is 2.37. The Kier molecular flexibility index (Phi) is 1.47. The second-order valence-electron chi connectivity index (χ2n) is 3.75. The minimum absolute atomic E-state index is 0.618. The third-order valence-corrected chi connectivity index (χ3v) is 3.27. The number of aromatic amines is 1. The monoisotopic (exact) mass is 193 g/mol. The number of fused-ring (bicyclic) bond motifs is 2. The van der Waals surface area contributed by atoms with Crippen LogP contribution in [0.3, 0.4) is 0 Å². The number of piperidine rings is 1. The van der Waals surface area contributed by atoms with Crippen molar-refractivity contribution in [3.8, 4) is 0 Å². The van der Waals surface area contributed by atoms with E-state index in [0.29, 0.717) is 10.7 Å². The highest BCUT2D eigenvalue weighted by molar-refractivity contribution is 7.71. The average Bonchev–Trinajstić information content (AvgIpc) is 2.19. The van der Waals surface area contributed by atoms with Crippen LogP contribution in [0.15, 0.2) is 6.20 Å². The van der Waals surface area contributed by atoms with E-state index in [4.69, 9.17) is 12.2 Å². The quantitative estimate of drug-likeness (QED) is 0.638. The van der Waals surface area contributed by atoms with Crippen molar-refractivity contribution in [3.63, 3.8) is 0 Å². The van der Waals surface area contributed by atoms with Crippen LogP contribution in [0.4, 0.5) is 5.69 Å². The first-order valence-corrected chi connectivity index (χ1v) is 5.09. The minimum Gasteiger partial charge on any atom is -0.369 e. The Morgan fingerprint density at radius 3 is 3.00 bits per heavy atom. The summed E-state index contributed by atoms with van der Waals surface area (Å²) in [6.45, 7) is 2.37. The van der Waals surface area contributed by atoms with Crippen molar-refractivity contribution in [2.75, 3.05) is 18.0 Å². The number of anilines is 1. The summed E-state index contributed by atoms with van der Waals surface area (Å²) in [7, 11) is 0. The van der Waals surface area contributed by atoms with Gasteiger partial charge in [-0.3, -0.25) is 0 Å². The maximum atomic E-state index is 5.03. The van der Waals surface area contributed by atoms with Gasteiger partial charge in [-0.2, -0.15) is 0 Å². The van der Waals surface area contributed by atoms with Gasteiger partial charge in [0, 0.05) is 24.7 Å². The van der Waals surface area contributed by atoms with Crippen LogP contribution in [0.1, 0.15) is 24.5 Å². The molecule has 0 unspecified atom stereocenters. The fourth-order valence-corrected chi connectivity index (χ4v) is 2.54. The van der Waals surface area contributed by atoms with Gasteiger partial charge >= 0.3 is 0 Å². The molecule has 0 amide bonds. The van der Waals surface area contributed by atoms with Crippen LogP contribution in [0, 0.1) is 4.77 Å². The molecule has 13 heavy (non-hydrogen) atoms. The predicted octanol–water partition coefficient (Wildman–Crippen LogP) is 1.84. The van der Waals surface area contributed by atoms with Crippen LogP contribution in [0.5, 0.6) is 0 Å². The Hall–Kier alpha value is -0.900. The summed E-state index contributed by atoms with van der Waals surface area (Å²) in [4.78, 5) is 9.75. The Morgan fingerprint density at radius 2 is 2.23 bits per heavy atom. The number of nitrogens with one attached hydrogen (secondary N) is 1. The lowest BCUT2D eigenvalue weighted by Crippen LogP contribution is -2.39. The van der Waals surface area contributed by atoms with E-state index >= 15 is 0 Å².